The molecule has 0 aliphatic carbocycles. The Labute approximate surface area is 211 Å². The van der Waals surface area contributed by atoms with Crippen molar-refractivity contribution in [1.29, 1.82) is 0 Å². The first-order valence-electron chi connectivity index (χ1n) is 10.5. The topological polar surface area (TPSA) is 122 Å². The van der Waals surface area contributed by atoms with Gasteiger partial charge in [-0.05, 0) is 52.7 Å². The summed E-state index contributed by atoms with van der Waals surface area (Å²) >= 11 is 9.72. The predicted octanol–water partition coefficient (Wildman–Crippen LogP) is 4.64. The predicted molar refractivity (Wildman–Crippen MR) is 140 cm³/mol. The van der Waals surface area contributed by atoms with Crippen LogP contribution in [0.1, 0.15) is 29.5 Å². The van der Waals surface area contributed by atoms with Crippen LogP contribution in [0.2, 0.25) is 5.02 Å². The zero-order chi connectivity index (χ0) is 24.5. The number of anilines is 2. The van der Waals surface area contributed by atoms with Gasteiger partial charge >= 0.3 is 0 Å². The molecule has 5 N–H and O–H groups in total. The van der Waals surface area contributed by atoms with Crippen molar-refractivity contribution in [3.8, 4) is 11.3 Å². The van der Waals surface area contributed by atoms with Crippen LogP contribution in [0.15, 0.2) is 60.8 Å². The number of benzene rings is 2. The first-order chi connectivity index (χ1) is 16.4. The molecule has 8 nitrogen and oxygen atoms in total. The molecule has 2 aromatic carbocycles. The van der Waals surface area contributed by atoms with Crippen molar-refractivity contribution >= 4 is 55.3 Å². The fraction of sp³-hybridized carbons (Fsp3) is 0.167. The molecule has 0 saturated carbocycles. The lowest BCUT2D eigenvalue weighted by Gasteiger charge is -2.11. The number of nitrogens with two attached hydrogens (primary N) is 1. The van der Waals surface area contributed by atoms with E-state index < -0.39 is 0 Å². The van der Waals surface area contributed by atoms with Gasteiger partial charge in [0, 0.05) is 54.1 Å². The van der Waals surface area contributed by atoms with Gasteiger partial charge < -0.3 is 21.7 Å². The number of halogens is 2. The number of carbonyl (C=O) groups is 2. The number of nitrogens with zero attached hydrogens (tertiary/aromatic N) is 2. The molecule has 1 aromatic heterocycles. The Balaban J connectivity index is 1.58. The lowest BCUT2D eigenvalue weighted by molar-refractivity contribution is -0.114. The van der Waals surface area contributed by atoms with Crippen molar-refractivity contribution < 1.29 is 9.59 Å². The van der Waals surface area contributed by atoms with Crippen molar-refractivity contribution in [3.05, 3.63) is 77.2 Å². The van der Waals surface area contributed by atoms with Crippen molar-refractivity contribution in [2.24, 2.45) is 5.73 Å². The third kappa shape index (κ3) is 7.03. The summed E-state index contributed by atoms with van der Waals surface area (Å²) in [6.45, 7) is 2.48. The van der Waals surface area contributed by atoms with E-state index in [-0.39, 0.29) is 11.8 Å². The van der Waals surface area contributed by atoms with E-state index in [0.29, 0.717) is 57.6 Å². The molecule has 10 heteroatoms. The molecule has 3 aromatic rings. The Morgan fingerprint density at radius 2 is 1.82 bits per heavy atom. The SMILES string of the molecule is CC(=O)Nc1ccc(C(=O)NCCCNc2cc(-c3ccccc3Cl)nc(C(Br)=CN)n2)cc1. The highest BCUT2D eigenvalue weighted by Gasteiger charge is 2.11. The minimum absolute atomic E-state index is 0.161. The normalized spacial score (nSPS) is 11.1. The van der Waals surface area contributed by atoms with Crippen LogP contribution in [-0.4, -0.2) is 34.9 Å². The van der Waals surface area contributed by atoms with Crippen LogP contribution in [0.4, 0.5) is 11.5 Å². The Kier molecular flexibility index (Phi) is 9.00. The summed E-state index contributed by atoms with van der Waals surface area (Å²) in [6.07, 6.45) is 2.05. The van der Waals surface area contributed by atoms with Gasteiger partial charge in [0.05, 0.1) is 10.2 Å². The fourth-order valence-electron chi connectivity index (χ4n) is 3.04. The zero-order valence-electron chi connectivity index (χ0n) is 18.4. The highest BCUT2D eigenvalue weighted by molar-refractivity contribution is 9.15. The molecule has 0 bridgehead atoms. The van der Waals surface area contributed by atoms with E-state index in [0.717, 1.165) is 5.56 Å². The highest BCUT2D eigenvalue weighted by atomic mass is 79.9. The van der Waals surface area contributed by atoms with E-state index in [1.54, 1.807) is 30.3 Å². The van der Waals surface area contributed by atoms with Crippen molar-refractivity contribution in [1.82, 2.24) is 15.3 Å². The second-order valence-corrected chi connectivity index (χ2v) is 8.51. The summed E-state index contributed by atoms with van der Waals surface area (Å²) in [5.74, 6) is 0.694. The van der Waals surface area contributed by atoms with Crippen LogP contribution in [0.25, 0.3) is 15.7 Å². The first kappa shape index (κ1) is 25.2. The molecule has 34 heavy (non-hydrogen) atoms. The fourth-order valence-corrected chi connectivity index (χ4v) is 3.45. The molecule has 0 aliphatic rings. The van der Waals surface area contributed by atoms with Gasteiger partial charge in [0.15, 0.2) is 5.82 Å². The van der Waals surface area contributed by atoms with Gasteiger partial charge in [0.2, 0.25) is 5.91 Å². The Bertz CT molecular complexity index is 1200. The highest BCUT2D eigenvalue weighted by Crippen LogP contribution is 2.29. The standard InChI is InChI=1S/C24H24BrClN6O2/c1-15(33)30-17-9-7-16(8-10-17)24(34)29-12-4-11-28-22-13-21(18-5-2-3-6-20(18)26)31-23(32-22)19(25)14-27/h2-3,5-10,13-14H,4,11-12,27H2,1H3,(H,29,34)(H,30,33)(H,28,31,32). The molecule has 0 aliphatic heterocycles. The van der Waals surface area contributed by atoms with Crippen molar-refractivity contribution in [2.75, 3.05) is 23.7 Å². The molecule has 0 atom stereocenters. The van der Waals surface area contributed by atoms with Crippen LogP contribution >= 0.6 is 27.5 Å². The quantitative estimate of drug-likeness (QED) is 0.292. The molecule has 2 amide bonds. The van der Waals surface area contributed by atoms with E-state index in [4.69, 9.17) is 17.3 Å². The van der Waals surface area contributed by atoms with Gasteiger partial charge in [-0.15, -0.1) is 0 Å². The largest absolute Gasteiger partial charge is 0.404 e. The van der Waals surface area contributed by atoms with E-state index in [1.165, 1.54) is 13.1 Å². The van der Waals surface area contributed by atoms with Gasteiger partial charge in [-0.2, -0.15) is 0 Å². The average Bonchev–Trinajstić information content (AvgIpc) is 2.83. The van der Waals surface area contributed by atoms with Gasteiger partial charge in [0.1, 0.15) is 5.82 Å². The lowest BCUT2D eigenvalue weighted by Crippen LogP contribution is -2.25. The number of amides is 2. The van der Waals surface area contributed by atoms with Gasteiger partial charge in [-0.25, -0.2) is 9.97 Å². The maximum atomic E-state index is 12.3. The van der Waals surface area contributed by atoms with Gasteiger partial charge in [0.25, 0.3) is 5.91 Å². The van der Waals surface area contributed by atoms with E-state index >= 15 is 0 Å². The third-order valence-corrected chi connectivity index (χ3v) is 5.60. The maximum absolute atomic E-state index is 12.3. The average molecular weight is 544 g/mol. The number of aromatic nitrogens is 2. The Morgan fingerprint density at radius 3 is 2.50 bits per heavy atom. The zero-order valence-corrected chi connectivity index (χ0v) is 20.8. The molecule has 3 rings (SSSR count). The minimum atomic E-state index is -0.184. The monoisotopic (exact) mass is 542 g/mol. The van der Waals surface area contributed by atoms with Crippen LogP contribution in [-0.2, 0) is 4.79 Å². The minimum Gasteiger partial charge on any atom is -0.404 e. The van der Waals surface area contributed by atoms with Crippen LogP contribution in [0.5, 0.6) is 0 Å². The third-order valence-electron chi connectivity index (χ3n) is 4.65. The van der Waals surface area contributed by atoms with Crippen LogP contribution in [0, 0.1) is 0 Å². The Morgan fingerprint density at radius 1 is 1.09 bits per heavy atom. The molecule has 0 radical (unpaired) electrons. The van der Waals surface area contributed by atoms with Gasteiger partial charge in [-0.3, -0.25) is 9.59 Å². The molecule has 176 valence electrons. The molecule has 0 unspecified atom stereocenters. The number of hydrogen-bond donors (Lipinski definition) is 4. The summed E-state index contributed by atoms with van der Waals surface area (Å²) in [5, 5.41) is 9.39. The summed E-state index contributed by atoms with van der Waals surface area (Å²) in [4.78, 5) is 32.4. The molecular weight excluding hydrogens is 520 g/mol. The molecule has 0 saturated heterocycles. The van der Waals surface area contributed by atoms with Crippen molar-refractivity contribution in [3.63, 3.8) is 0 Å². The lowest BCUT2D eigenvalue weighted by atomic mass is 10.1. The molecule has 0 spiro atoms. The maximum Gasteiger partial charge on any atom is 0.251 e. The van der Waals surface area contributed by atoms with Crippen LogP contribution in [0.3, 0.4) is 0 Å². The molecule has 1 heterocycles. The number of hydrogen-bond acceptors (Lipinski definition) is 6. The number of rotatable bonds is 9. The number of nitrogens with one attached hydrogen (secondary N) is 3. The summed E-state index contributed by atoms with van der Waals surface area (Å²) < 4.78 is 0.557. The van der Waals surface area contributed by atoms with E-state index in [2.05, 4.69) is 41.8 Å². The second-order valence-electron chi connectivity index (χ2n) is 7.25. The summed E-state index contributed by atoms with van der Waals surface area (Å²) in [7, 11) is 0. The molecular formula is C24H24BrClN6O2. The van der Waals surface area contributed by atoms with Crippen LogP contribution < -0.4 is 21.7 Å². The smallest absolute Gasteiger partial charge is 0.251 e. The van der Waals surface area contributed by atoms with E-state index in [9.17, 15) is 9.59 Å². The van der Waals surface area contributed by atoms with E-state index in [1.807, 2.05) is 24.3 Å². The van der Waals surface area contributed by atoms with Crippen molar-refractivity contribution in [2.45, 2.75) is 13.3 Å². The first-order valence-corrected chi connectivity index (χ1v) is 11.7. The second kappa shape index (κ2) is 12.2. The Hall–Kier alpha value is -3.43. The summed E-state index contributed by atoms with van der Waals surface area (Å²) in [6, 6.07) is 16.0. The molecule has 0 fully saturated rings. The van der Waals surface area contributed by atoms with Gasteiger partial charge in [-0.1, -0.05) is 29.8 Å². The number of carbonyl (C=O) groups excluding carboxylic acids is 2. The summed E-state index contributed by atoms with van der Waals surface area (Å²) in [5.41, 5.74) is 8.23.